The van der Waals surface area contributed by atoms with Crippen molar-refractivity contribution in [1.82, 2.24) is 19.1 Å². The third-order valence-corrected chi connectivity index (χ3v) is 12.6. The van der Waals surface area contributed by atoms with Crippen molar-refractivity contribution in [2.24, 2.45) is 0 Å². The van der Waals surface area contributed by atoms with Crippen molar-refractivity contribution < 1.29 is 4.42 Å². The van der Waals surface area contributed by atoms with E-state index in [0.717, 1.165) is 66.8 Å². The van der Waals surface area contributed by atoms with Gasteiger partial charge in [0.2, 0.25) is 0 Å². The Balaban J connectivity index is 1.10. The first kappa shape index (κ1) is 29.5. The maximum absolute atomic E-state index is 6.51. The highest BCUT2D eigenvalue weighted by Crippen LogP contribution is 2.42. The Labute approximate surface area is 319 Å². The molecule has 0 saturated heterocycles. The van der Waals surface area contributed by atoms with Crippen LogP contribution in [0.4, 0.5) is 0 Å². The number of para-hydroxylation sites is 2. The molecule has 0 amide bonds. The quantitative estimate of drug-likeness (QED) is 0.167. The second kappa shape index (κ2) is 11.0. The molecule has 0 atom stereocenters. The average molecular weight is 809 g/mol. The molecule has 0 saturated carbocycles. The fraction of sp³-hybridized carbons (Fsp3) is 0. The minimum atomic E-state index is 0.785. The molecule has 12 rings (SSSR count). The van der Waals surface area contributed by atoms with Gasteiger partial charge < -0.3 is 4.42 Å². The zero-order chi connectivity index (χ0) is 34.8. The number of fused-ring (bicyclic) bond motifs is 12. The van der Waals surface area contributed by atoms with Gasteiger partial charge in [-0.15, -0.1) is 11.3 Å². The van der Waals surface area contributed by atoms with E-state index in [9.17, 15) is 0 Å². The van der Waals surface area contributed by atoms with Gasteiger partial charge in [0, 0.05) is 63.8 Å². The van der Waals surface area contributed by atoms with Crippen LogP contribution in [0.1, 0.15) is 0 Å². The Morgan fingerprint density at radius 3 is 2.02 bits per heavy atom. The minimum Gasteiger partial charge on any atom is -0.452 e. The monoisotopic (exact) mass is 808 g/mol. The van der Waals surface area contributed by atoms with Crippen LogP contribution < -0.4 is 0 Å². The van der Waals surface area contributed by atoms with Gasteiger partial charge in [-0.2, -0.15) is 0 Å². The van der Waals surface area contributed by atoms with Gasteiger partial charge in [-0.05, 0) is 100 Å². The molecule has 5 nitrogen and oxygen atoms in total. The molecule has 0 fully saturated rings. The molecule has 7 heteroatoms. The van der Waals surface area contributed by atoms with Crippen LogP contribution in [0.5, 0.6) is 0 Å². The SMILES string of the molecule is Ic1ccc2c(c1)c1cc(-c3ccc4c5ccccc5n(-c5nccc6c5oc5ccccc56)c4c3)ccc1n2-c1nccc2c1sc1ccccc12. The molecule has 0 bridgehead atoms. The molecule has 53 heavy (non-hydrogen) atoms. The second-order valence-electron chi connectivity index (χ2n) is 13.5. The number of pyridine rings is 2. The largest absolute Gasteiger partial charge is 0.452 e. The summed E-state index contributed by atoms with van der Waals surface area (Å²) in [4.78, 5) is 9.99. The number of halogens is 1. The third-order valence-electron chi connectivity index (χ3n) is 10.7. The molecule has 12 aromatic rings. The Morgan fingerprint density at radius 1 is 0.472 bits per heavy atom. The van der Waals surface area contributed by atoms with Crippen LogP contribution in [0, 0.1) is 3.57 Å². The summed E-state index contributed by atoms with van der Waals surface area (Å²) in [6.07, 6.45) is 3.84. The van der Waals surface area contributed by atoms with E-state index in [4.69, 9.17) is 14.4 Å². The molecule has 0 aliphatic rings. The molecule has 6 aromatic heterocycles. The lowest BCUT2D eigenvalue weighted by molar-refractivity contribution is 0.663. The van der Waals surface area contributed by atoms with Crippen molar-refractivity contribution in [3.63, 3.8) is 0 Å². The maximum atomic E-state index is 6.51. The molecular formula is C46H25IN4OS. The Hall–Kier alpha value is -6.03. The van der Waals surface area contributed by atoms with Crippen LogP contribution in [0.3, 0.4) is 0 Å². The van der Waals surface area contributed by atoms with Crippen molar-refractivity contribution in [1.29, 1.82) is 0 Å². The molecule has 0 unspecified atom stereocenters. The summed E-state index contributed by atoms with van der Waals surface area (Å²) in [6.45, 7) is 0. The standard InChI is InChI=1S/C46H25IN4OS/c47-28-15-18-39-36(25-28)35-23-26(14-17-38(35)50(39)46-44-34(20-22-49-46)32-9-3-6-12-42(32)53-44)27-13-16-30-29-7-1-4-10-37(29)51(40(30)24-27)45-43-33(19-21-48-45)31-8-2-5-11-41(31)52-43/h1-25H. The van der Waals surface area contributed by atoms with Crippen LogP contribution in [-0.4, -0.2) is 19.1 Å². The van der Waals surface area contributed by atoms with Gasteiger partial charge >= 0.3 is 0 Å². The summed E-state index contributed by atoms with van der Waals surface area (Å²) in [7, 11) is 0. The van der Waals surface area contributed by atoms with E-state index < -0.39 is 0 Å². The van der Waals surface area contributed by atoms with E-state index in [-0.39, 0.29) is 0 Å². The normalized spacial score (nSPS) is 12.2. The van der Waals surface area contributed by atoms with Crippen molar-refractivity contribution in [3.8, 4) is 22.8 Å². The maximum Gasteiger partial charge on any atom is 0.181 e. The first-order chi connectivity index (χ1) is 26.2. The number of furan rings is 1. The topological polar surface area (TPSA) is 48.8 Å². The van der Waals surface area contributed by atoms with E-state index in [1.807, 2.05) is 41.9 Å². The first-order valence-electron chi connectivity index (χ1n) is 17.5. The van der Waals surface area contributed by atoms with Crippen molar-refractivity contribution >= 4 is 120 Å². The predicted molar refractivity (Wildman–Crippen MR) is 229 cm³/mol. The van der Waals surface area contributed by atoms with E-state index in [2.05, 4.69) is 153 Å². The number of hydrogen-bond acceptors (Lipinski definition) is 4. The van der Waals surface area contributed by atoms with Crippen LogP contribution in [0.15, 0.2) is 156 Å². The fourth-order valence-corrected chi connectivity index (χ4v) is 10.0. The third kappa shape index (κ3) is 4.17. The molecule has 248 valence electrons. The Morgan fingerprint density at radius 2 is 1.11 bits per heavy atom. The lowest BCUT2D eigenvalue weighted by atomic mass is 10.0. The molecule has 6 heterocycles. The summed E-state index contributed by atoms with van der Waals surface area (Å²) in [5, 5.41) is 9.43. The zero-order valence-electron chi connectivity index (χ0n) is 27.9. The summed E-state index contributed by atoms with van der Waals surface area (Å²) in [5.74, 6) is 1.76. The van der Waals surface area contributed by atoms with Gasteiger partial charge in [0.25, 0.3) is 0 Å². The summed E-state index contributed by atoms with van der Waals surface area (Å²) in [6, 6.07) is 50.0. The van der Waals surface area contributed by atoms with E-state index in [1.165, 1.54) is 45.3 Å². The first-order valence-corrected chi connectivity index (χ1v) is 19.4. The summed E-state index contributed by atoms with van der Waals surface area (Å²) < 4.78 is 14.8. The molecule has 0 aliphatic heterocycles. The van der Waals surface area contributed by atoms with E-state index >= 15 is 0 Å². The predicted octanol–water partition coefficient (Wildman–Crippen LogP) is 13.2. The number of nitrogens with zero attached hydrogens (tertiary/aromatic N) is 4. The average Bonchev–Trinajstić information content (AvgIpc) is 3.95. The smallest absolute Gasteiger partial charge is 0.181 e. The number of rotatable bonds is 3. The van der Waals surface area contributed by atoms with Gasteiger partial charge in [0.15, 0.2) is 17.2 Å². The van der Waals surface area contributed by atoms with Gasteiger partial charge in [-0.3, -0.25) is 9.13 Å². The number of benzene rings is 6. The zero-order valence-corrected chi connectivity index (χ0v) is 30.9. The van der Waals surface area contributed by atoms with Gasteiger partial charge in [0.1, 0.15) is 5.58 Å². The number of thiophene rings is 1. The van der Waals surface area contributed by atoms with Crippen LogP contribution in [0.25, 0.3) is 108 Å². The highest BCUT2D eigenvalue weighted by Gasteiger charge is 2.21. The molecular weight excluding hydrogens is 784 g/mol. The molecule has 0 radical (unpaired) electrons. The lowest BCUT2D eigenvalue weighted by Gasteiger charge is -2.10. The van der Waals surface area contributed by atoms with Gasteiger partial charge in [-0.25, -0.2) is 9.97 Å². The van der Waals surface area contributed by atoms with Crippen LogP contribution in [0.2, 0.25) is 0 Å². The van der Waals surface area contributed by atoms with E-state index in [1.54, 1.807) is 0 Å². The number of aromatic nitrogens is 4. The summed E-state index contributed by atoms with van der Waals surface area (Å²) >= 11 is 4.24. The fourth-order valence-electron chi connectivity index (χ4n) is 8.38. The lowest BCUT2D eigenvalue weighted by Crippen LogP contribution is -1.98. The van der Waals surface area contributed by atoms with E-state index in [0.29, 0.717) is 0 Å². The van der Waals surface area contributed by atoms with Crippen molar-refractivity contribution in [2.75, 3.05) is 0 Å². The number of hydrogen-bond donors (Lipinski definition) is 0. The van der Waals surface area contributed by atoms with Crippen LogP contribution >= 0.6 is 33.9 Å². The Kier molecular flexibility index (Phi) is 6.13. The highest BCUT2D eigenvalue weighted by molar-refractivity contribution is 14.1. The molecule has 0 spiro atoms. The van der Waals surface area contributed by atoms with Crippen LogP contribution in [-0.2, 0) is 0 Å². The van der Waals surface area contributed by atoms with Gasteiger partial charge in [0.05, 0.1) is 26.8 Å². The highest BCUT2D eigenvalue weighted by atomic mass is 127. The molecule has 0 aliphatic carbocycles. The Bertz CT molecular complexity index is 3500. The van der Waals surface area contributed by atoms with Gasteiger partial charge in [-0.1, -0.05) is 72.8 Å². The molecule has 6 aromatic carbocycles. The van der Waals surface area contributed by atoms with Crippen molar-refractivity contribution in [2.45, 2.75) is 0 Å². The summed E-state index contributed by atoms with van der Waals surface area (Å²) in [5.41, 5.74) is 8.40. The second-order valence-corrected chi connectivity index (χ2v) is 15.8. The minimum absolute atomic E-state index is 0.785. The molecule has 0 N–H and O–H groups in total. The van der Waals surface area contributed by atoms with Crippen molar-refractivity contribution in [3.05, 3.63) is 155 Å².